The van der Waals surface area contributed by atoms with Gasteiger partial charge in [-0.05, 0) is 47.1 Å². The van der Waals surface area contributed by atoms with Crippen molar-refractivity contribution in [1.29, 1.82) is 0 Å². The summed E-state index contributed by atoms with van der Waals surface area (Å²) >= 11 is 3.23. The molecule has 0 atom stereocenters. The van der Waals surface area contributed by atoms with Gasteiger partial charge in [0.15, 0.2) is 6.61 Å². The predicted molar refractivity (Wildman–Crippen MR) is 79.4 cm³/mol. The largest absolute Gasteiger partial charge is 0.482 e. The summed E-state index contributed by atoms with van der Waals surface area (Å²) in [6.07, 6.45) is 0. The van der Waals surface area contributed by atoms with E-state index in [9.17, 15) is 9.18 Å². The van der Waals surface area contributed by atoms with Crippen LogP contribution in [0.2, 0.25) is 0 Å². The molecular formula is C15H13BrFNO2. The standard InChI is InChI=1S/C15H13BrFNO2/c1-10-2-5-12(6-3-10)18-15(19)9-20-14-8-11(17)4-7-13(14)16/h2-8H,9H2,1H3,(H,18,19). The molecule has 2 aromatic rings. The zero-order valence-corrected chi connectivity index (χ0v) is 12.4. The van der Waals surface area contributed by atoms with Gasteiger partial charge >= 0.3 is 0 Å². The van der Waals surface area contributed by atoms with Gasteiger partial charge in [-0.3, -0.25) is 4.79 Å². The first kappa shape index (κ1) is 14.5. The molecule has 0 unspecified atom stereocenters. The average molecular weight is 338 g/mol. The maximum Gasteiger partial charge on any atom is 0.262 e. The van der Waals surface area contributed by atoms with Crippen molar-refractivity contribution in [2.75, 3.05) is 11.9 Å². The van der Waals surface area contributed by atoms with Crippen LogP contribution in [0.5, 0.6) is 5.75 Å². The van der Waals surface area contributed by atoms with Gasteiger partial charge in [0, 0.05) is 11.8 Å². The van der Waals surface area contributed by atoms with E-state index < -0.39 is 5.82 Å². The molecule has 2 aromatic carbocycles. The van der Waals surface area contributed by atoms with Crippen LogP contribution < -0.4 is 10.1 Å². The van der Waals surface area contributed by atoms with Crippen molar-refractivity contribution in [2.24, 2.45) is 0 Å². The molecule has 0 fully saturated rings. The summed E-state index contributed by atoms with van der Waals surface area (Å²) < 4.78 is 18.9. The summed E-state index contributed by atoms with van der Waals surface area (Å²) in [5, 5.41) is 2.70. The number of hydrogen-bond donors (Lipinski definition) is 1. The fourth-order valence-corrected chi connectivity index (χ4v) is 1.93. The Morgan fingerprint density at radius 1 is 1.25 bits per heavy atom. The van der Waals surface area contributed by atoms with Crippen LogP contribution in [0.1, 0.15) is 5.56 Å². The van der Waals surface area contributed by atoms with Crippen LogP contribution in [0.25, 0.3) is 0 Å². The zero-order chi connectivity index (χ0) is 14.5. The SMILES string of the molecule is Cc1ccc(NC(=O)COc2cc(F)ccc2Br)cc1. The molecule has 104 valence electrons. The predicted octanol–water partition coefficient (Wildman–Crippen LogP) is 3.91. The first-order chi connectivity index (χ1) is 9.54. The van der Waals surface area contributed by atoms with E-state index in [-0.39, 0.29) is 12.5 Å². The molecule has 3 nitrogen and oxygen atoms in total. The van der Waals surface area contributed by atoms with Crippen molar-refractivity contribution < 1.29 is 13.9 Å². The number of carbonyl (C=O) groups excluding carboxylic acids is 1. The first-order valence-corrected chi connectivity index (χ1v) is 6.78. The van der Waals surface area contributed by atoms with E-state index in [0.717, 1.165) is 5.56 Å². The van der Waals surface area contributed by atoms with Gasteiger partial charge in [-0.15, -0.1) is 0 Å². The van der Waals surface area contributed by atoms with Crippen LogP contribution in [-0.4, -0.2) is 12.5 Å². The van der Waals surface area contributed by atoms with E-state index in [4.69, 9.17) is 4.74 Å². The molecule has 0 heterocycles. The molecule has 0 radical (unpaired) electrons. The van der Waals surface area contributed by atoms with Gasteiger partial charge < -0.3 is 10.1 Å². The third-order valence-electron chi connectivity index (χ3n) is 2.59. The minimum Gasteiger partial charge on any atom is -0.482 e. The number of halogens is 2. The molecule has 5 heteroatoms. The number of carbonyl (C=O) groups is 1. The molecule has 1 amide bonds. The summed E-state index contributed by atoms with van der Waals surface area (Å²) in [6.45, 7) is 1.78. The maximum atomic E-state index is 13.1. The van der Waals surface area contributed by atoms with E-state index in [1.54, 1.807) is 0 Å². The third kappa shape index (κ3) is 4.06. The Balaban J connectivity index is 1.92. The minimum absolute atomic E-state index is 0.185. The highest BCUT2D eigenvalue weighted by Crippen LogP contribution is 2.25. The van der Waals surface area contributed by atoms with Crippen molar-refractivity contribution in [3.8, 4) is 5.75 Å². The molecule has 0 aliphatic rings. The normalized spacial score (nSPS) is 10.2. The molecule has 0 spiro atoms. The molecule has 0 saturated heterocycles. The summed E-state index contributed by atoms with van der Waals surface area (Å²) in [5.41, 5.74) is 1.81. The minimum atomic E-state index is -0.415. The fraction of sp³-hybridized carbons (Fsp3) is 0.133. The highest BCUT2D eigenvalue weighted by molar-refractivity contribution is 9.10. The number of hydrogen-bond acceptors (Lipinski definition) is 2. The lowest BCUT2D eigenvalue weighted by atomic mass is 10.2. The highest BCUT2D eigenvalue weighted by atomic mass is 79.9. The van der Waals surface area contributed by atoms with E-state index in [0.29, 0.717) is 15.9 Å². The molecule has 20 heavy (non-hydrogen) atoms. The van der Waals surface area contributed by atoms with Gasteiger partial charge in [-0.2, -0.15) is 0 Å². The van der Waals surface area contributed by atoms with Crippen molar-refractivity contribution >= 4 is 27.5 Å². The second-order valence-corrected chi connectivity index (χ2v) is 5.13. The Labute approximate surface area is 124 Å². The Kier molecular flexibility index (Phi) is 4.74. The summed E-state index contributed by atoms with van der Waals surface area (Å²) in [5.74, 6) is -0.420. The number of rotatable bonds is 4. The van der Waals surface area contributed by atoms with E-state index >= 15 is 0 Å². The summed E-state index contributed by atoms with van der Waals surface area (Å²) in [7, 11) is 0. The number of aryl methyl sites for hydroxylation is 1. The van der Waals surface area contributed by atoms with Gasteiger partial charge in [0.1, 0.15) is 11.6 Å². The number of benzene rings is 2. The van der Waals surface area contributed by atoms with Crippen LogP contribution >= 0.6 is 15.9 Å². The lowest BCUT2D eigenvalue weighted by Gasteiger charge is -2.09. The first-order valence-electron chi connectivity index (χ1n) is 5.99. The second kappa shape index (κ2) is 6.52. The Bertz CT molecular complexity index is 614. The van der Waals surface area contributed by atoms with Crippen molar-refractivity contribution in [1.82, 2.24) is 0 Å². The van der Waals surface area contributed by atoms with Gasteiger partial charge in [0.05, 0.1) is 4.47 Å². The average Bonchev–Trinajstić information content (AvgIpc) is 2.42. The Morgan fingerprint density at radius 3 is 2.65 bits per heavy atom. The van der Waals surface area contributed by atoms with Crippen molar-refractivity contribution in [3.63, 3.8) is 0 Å². The van der Waals surface area contributed by atoms with Crippen LogP contribution in [0.3, 0.4) is 0 Å². The van der Waals surface area contributed by atoms with E-state index in [1.165, 1.54) is 18.2 Å². The molecule has 0 bridgehead atoms. The molecule has 0 aliphatic heterocycles. The molecule has 2 rings (SSSR count). The topological polar surface area (TPSA) is 38.3 Å². The van der Waals surface area contributed by atoms with Crippen LogP contribution in [0.15, 0.2) is 46.9 Å². The van der Waals surface area contributed by atoms with Crippen molar-refractivity contribution in [3.05, 3.63) is 58.3 Å². The van der Waals surface area contributed by atoms with Crippen LogP contribution in [-0.2, 0) is 4.79 Å². The molecular weight excluding hydrogens is 325 g/mol. The monoisotopic (exact) mass is 337 g/mol. The smallest absolute Gasteiger partial charge is 0.262 e. The molecule has 0 aliphatic carbocycles. The zero-order valence-electron chi connectivity index (χ0n) is 10.8. The second-order valence-electron chi connectivity index (χ2n) is 4.28. The van der Waals surface area contributed by atoms with Crippen LogP contribution in [0.4, 0.5) is 10.1 Å². The third-order valence-corrected chi connectivity index (χ3v) is 3.24. The van der Waals surface area contributed by atoms with Gasteiger partial charge in [-0.25, -0.2) is 4.39 Å². The van der Waals surface area contributed by atoms with Crippen molar-refractivity contribution in [2.45, 2.75) is 6.92 Å². The number of amides is 1. The van der Waals surface area contributed by atoms with Gasteiger partial charge in [0.2, 0.25) is 0 Å². The Morgan fingerprint density at radius 2 is 1.95 bits per heavy atom. The van der Waals surface area contributed by atoms with Gasteiger partial charge in [-0.1, -0.05) is 17.7 Å². The molecule has 0 saturated carbocycles. The quantitative estimate of drug-likeness (QED) is 0.918. The molecule has 1 N–H and O–H groups in total. The maximum absolute atomic E-state index is 13.1. The van der Waals surface area contributed by atoms with E-state index in [1.807, 2.05) is 31.2 Å². The van der Waals surface area contributed by atoms with Crippen LogP contribution in [0, 0.1) is 12.7 Å². The fourth-order valence-electron chi connectivity index (χ4n) is 1.57. The number of anilines is 1. The highest BCUT2D eigenvalue weighted by Gasteiger charge is 2.07. The summed E-state index contributed by atoms with van der Waals surface area (Å²) in [6, 6.07) is 11.5. The lowest BCUT2D eigenvalue weighted by Crippen LogP contribution is -2.20. The number of nitrogens with one attached hydrogen (secondary N) is 1. The lowest BCUT2D eigenvalue weighted by molar-refractivity contribution is -0.118. The molecule has 0 aromatic heterocycles. The number of ether oxygens (including phenoxy) is 1. The summed E-state index contributed by atoms with van der Waals surface area (Å²) in [4.78, 5) is 11.7. The Hall–Kier alpha value is -1.88. The van der Waals surface area contributed by atoms with E-state index in [2.05, 4.69) is 21.2 Å². The van der Waals surface area contributed by atoms with Gasteiger partial charge in [0.25, 0.3) is 5.91 Å².